The van der Waals surface area contributed by atoms with Crippen LogP contribution in [0.2, 0.25) is 0 Å². The molecule has 0 aliphatic rings. The van der Waals surface area contributed by atoms with Crippen LogP contribution in [0.3, 0.4) is 0 Å². The van der Waals surface area contributed by atoms with Crippen molar-refractivity contribution in [3.63, 3.8) is 0 Å². The third kappa shape index (κ3) is 1.89. The number of aromatic hydroxyl groups is 1. The molecule has 0 saturated heterocycles. The molecule has 0 radical (unpaired) electrons. The summed E-state index contributed by atoms with van der Waals surface area (Å²) in [6.45, 7) is 1.73. The Morgan fingerprint density at radius 1 is 1.40 bits per heavy atom. The van der Waals surface area contributed by atoms with Crippen LogP contribution in [0.5, 0.6) is 11.7 Å². The summed E-state index contributed by atoms with van der Waals surface area (Å²) in [4.78, 5) is 0. The van der Waals surface area contributed by atoms with Gasteiger partial charge in [0.2, 0.25) is 5.75 Å². The van der Waals surface area contributed by atoms with Gasteiger partial charge in [0.1, 0.15) is 12.2 Å². The summed E-state index contributed by atoms with van der Waals surface area (Å²) < 4.78 is 10.3. The fourth-order valence-corrected chi connectivity index (χ4v) is 1.35. The number of ether oxygens (including phenoxy) is 1. The molecular formula is C11H12O4. The average Bonchev–Trinajstić information content (AvgIpc) is 2.50. The van der Waals surface area contributed by atoms with Crippen LogP contribution < -0.4 is 4.74 Å². The smallest absolute Gasteiger partial charge is 0.327 e. The van der Waals surface area contributed by atoms with Crippen LogP contribution in [-0.4, -0.2) is 22.9 Å². The standard InChI is InChI=1S/C11H12O4/c1-7(12)6-14-10-8-4-2-3-5-9(8)15-11(10)13/h2-5,7,12-13H,6H2,1H3. The first-order valence-corrected chi connectivity index (χ1v) is 4.70. The molecule has 0 bridgehead atoms. The summed E-state index contributed by atoms with van der Waals surface area (Å²) in [5.74, 6) is 0.0309. The van der Waals surface area contributed by atoms with Gasteiger partial charge < -0.3 is 19.4 Å². The van der Waals surface area contributed by atoms with Gasteiger partial charge in [-0.2, -0.15) is 0 Å². The lowest BCUT2D eigenvalue weighted by molar-refractivity contribution is 0.120. The molecule has 2 aromatic rings. The predicted octanol–water partition coefficient (Wildman–Crippen LogP) is 1.90. The Hall–Kier alpha value is -1.68. The maximum atomic E-state index is 9.47. The fraction of sp³-hybridized carbons (Fsp3) is 0.273. The van der Waals surface area contributed by atoms with Gasteiger partial charge in [0.25, 0.3) is 0 Å². The molecule has 2 rings (SSSR count). The van der Waals surface area contributed by atoms with Crippen LogP contribution in [-0.2, 0) is 0 Å². The number of furan rings is 1. The topological polar surface area (TPSA) is 62.8 Å². The molecule has 0 saturated carbocycles. The Balaban J connectivity index is 2.36. The van der Waals surface area contributed by atoms with Crippen molar-refractivity contribution < 1.29 is 19.4 Å². The Kier molecular flexibility index (Phi) is 2.51. The van der Waals surface area contributed by atoms with Crippen molar-refractivity contribution in [1.29, 1.82) is 0 Å². The Morgan fingerprint density at radius 2 is 2.13 bits per heavy atom. The van der Waals surface area contributed by atoms with E-state index in [0.717, 1.165) is 0 Å². The number of aliphatic hydroxyl groups excluding tert-OH is 1. The number of fused-ring (bicyclic) bond motifs is 1. The number of benzene rings is 1. The summed E-state index contributed by atoms with van der Waals surface area (Å²) >= 11 is 0. The second-order valence-corrected chi connectivity index (χ2v) is 3.39. The second-order valence-electron chi connectivity index (χ2n) is 3.39. The lowest BCUT2D eigenvalue weighted by atomic mass is 10.2. The third-order valence-electron chi connectivity index (χ3n) is 2.00. The molecular weight excluding hydrogens is 196 g/mol. The van der Waals surface area contributed by atoms with E-state index < -0.39 is 6.10 Å². The molecule has 1 heterocycles. The van der Waals surface area contributed by atoms with Gasteiger partial charge in [-0.1, -0.05) is 12.1 Å². The summed E-state index contributed by atoms with van der Waals surface area (Å²) in [5.41, 5.74) is 0.565. The van der Waals surface area contributed by atoms with E-state index in [9.17, 15) is 5.11 Å². The minimum absolute atomic E-state index is 0.122. The van der Waals surface area contributed by atoms with E-state index in [1.165, 1.54) is 0 Å². The van der Waals surface area contributed by atoms with E-state index in [-0.39, 0.29) is 18.3 Å². The molecule has 0 amide bonds. The van der Waals surface area contributed by atoms with Gasteiger partial charge in [-0.05, 0) is 19.1 Å². The molecule has 15 heavy (non-hydrogen) atoms. The van der Waals surface area contributed by atoms with Crippen molar-refractivity contribution in [2.75, 3.05) is 6.61 Å². The second kappa shape index (κ2) is 3.82. The number of rotatable bonds is 3. The quantitative estimate of drug-likeness (QED) is 0.808. The molecule has 1 atom stereocenters. The molecule has 1 unspecified atom stereocenters. The monoisotopic (exact) mass is 208 g/mol. The molecule has 80 valence electrons. The highest BCUT2D eigenvalue weighted by atomic mass is 16.5. The van der Waals surface area contributed by atoms with E-state index in [1.54, 1.807) is 19.1 Å². The molecule has 0 spiro atoms. The minimum atomic E-state index is -0.585. The Labute approximate surface area is 86.7 Å². The largest absolute Gasteiger partial charge is 0.483 e. The zero-order valence-corrected chi connectivity index (χ0v) is 8.30. The molecule has 4 heteroatoms. The highest BCUT2D eigenvalue weighted by Gasteiger charge is 2.14. The van der Waals surface area contributed by atoms with Crippen molar-refractivity contribution in [2.45, 2.75) is 13.0 Å². The number of hydrogen-bond acceptors (Lipinski definition) is 4. The Morgan fingerprint density at radius 3 is 2.87 bits per heavy atom. The normalized spacial score (nSPS) is 12.9. The molecule has 1 aromatic heterocycles. The summed E-state index contributed by atoms with van der Waals surface area (Å²) in [6.07, 6.45) is -0.585. The maximum Gasteiger partial charge on any atom is 0.327 e. The van der Waals surface area contributed by atoms with Crippen LogP contribution in [0.25, 0.3) is 11.0 Å². The number of hydrogen-bond donors (Lipinski definition) is 2. The summed E-state index contributed by atoms with van der Waals surface area (Å²) in [7, 11) is 0. The first-order valence-electron chi connectivity index (χ1n) is 4.70. The van der Waals surface area contributed by atoms with Crippen LogP contribution >= 0.6 is 0 Å². The van der Waals surface area contributed by atoms with Crippen molar-refractivity contribution in [2.24, 2.45) is 0 Å². The van der Waals surface area contributed by atoms with E-state index in [1.807, 2.05) is 12.1 Å². The highest BCUT2D eigenvalue weighted by Crippen LogP contribution is 2.37. The predicted molar refractivity (Wildman–Crippen MR) is 55.1 cm³/mol. The van der Waals surface area contributed by atoms with Crippen LogP contribution in [0.1, 0.15) is 6.92 Å². The third-order valence-corrected chi connectivity index (χ3v) is 2.00. The molecule has 1 aromatic carbocycles. The van der Waals surface area contributed by atoms with Gasteiger partial charge in [0.15, 0.2) is 0 Å². The highest BCUT2D eigenvalue weighted by molar-refractivity contribution is 5.86. The molecule has 4 nitrogen and oxygen atoms in total. The van der Waals surface area contributed by atoms with Crippen molar-refractivity contribution in [3.8, 4) is 11.7 Å². The maximum absolute atomic E-state index is 9.47. The lowest BCUT2D eigenvalue weighted by Crippen LogP contribution is -2.12. The van der Waals surface area contributed by atoms with Crippen LogP contribution in [0.4, 0.5) is 0 Å². The zero-order valence-electron chi connectivity index (χ0n) is 8.30. The molecule has 0 aliphatic heterocycles. The van der Waals surface area contributed by atoms with Gasteiger partial charge in [-0.15, -0.1) is 0 Å². The summed E-state index contributed by atoms with van der Waals surface area (Å²) in [6, 6.07) is 7.16. The van der Waals surface area contributed by atoms with Gasteiger partial charge >= 0.3 is 5.95 Å². The zero-order chi connectivity index (χ0) is 10.8. The lowest BCUT2D eigenvalue weighted by Gasteiger charge is -2.05. The van der Waals surface area contributed by atoms with E-state index in [4.69, 9.17) is 14.3 Å². The van der Waals surface area contributed by atoms with Gasteiger partial charge in [0.05, 0.1) is 11.5 Å². The summed E-state index contributed by atoms with van der Waals surface area (Å²) in [5, 5.41) is 19.3. The van der Waals surface area contributed by atoms with Crippen molar-refractivity contribution >= 4 is 11.0 Å². The van der Waals surface area contributed by atoms with E-state index in [2.05, 4.69) is 0 Å². The van der Waals surface area contributed by atoms with Crippen molar-refractivity contribution in [1.82, 2.24) is 0 Å². The van der Waals surface area contributed by atoms with E-state index >= 15 is 0 Å². The fourth-order valence-electron chi connectivity index (χ4n) is 1.35. The van der Waals surface area contributed by atoms with Crippen molar-refractivity contribution in [3.05, 3.63) is 24.3 Å². The minimum Gasteiger partial charge on any atom is -0.483 e. The van der Waals surface area contributed by atoms with E-state index in [0.29, 0.717) is 11.0 Å². The molecule has 0 aliphatic carbocycles. The first kappa shape index (κ1) is 9.86. The van der Waals surface area contributed by atoms with Gasteiger partial charge in [-0.25, -0.2) is 0 Å². The van der Waals surface area contributed by atoms with Gasteiger partial charge in [0, 0.05) is 0 Å². The average molecular weight is 208 g/mol. The molecule has 0 fully saturated rings. The van der Waals surface area contributed by atoms with Crippen LogP contribution in [0, 0.1) is 0 Å². The number of para-hydroxylation sites is 1. The Bertz CT molecular complexity index is 459. The van der Waals surface area contributed by atoms with Gasteiger partial charge in [-0.3, -0.25) is 0 Å². The van der Waals surface area contributed by atoms with Crippen LogP contribution in [0.15, 0.2) is 28.7 Å². The molecule has 2 N–H and O–H groups in total. The SMILES string of the molecule is CC(O)COc1c(O)oc2ccccc12. The first-order chi connectivity index (χ1) is 7.18. The number of aliphatic hydroxyl groups is 1.